The van der Waals surface area contributed by atoms with E-state index in [0.29, 0.717) is 41.9 Å². The fourth-order valence-electron chi connectivity index (χ4n) is 4.70. The monoisotopic (exact) mass is 407 g/mol. The number of anilines is 1. The van der Waals surface area contributed by atoms with E-state index in [9.17, 15) is 14.0 Å². The predicted octanol–water partition coefficient (Wildman–Crippen LogP) is 4.39. The van der Waals surface area contributed by atoms with Gasteiger partial charge in [-0.25, -0.2) is 0 Å². The van der Waals surface area contributed by atoms with Gasteiger partial charge in [-0.1, -0.05) is 24.3 Å². The molecule has 1 saturated heterocycles. The first-order valence-electron chi connectivity index (χ1n) is 9.85. The van der Waals surface area contributed by atoms with Gasteiger partial charge in [0.15, 0.2) is 0 Å². The number of nitriles is 1. The number of aryl methyl sites for hydroxylation is 1. The molecule has 30 heavy (non-hydrogen) atoms. The number of hydrogen-bond donors (Lipinski definition) is 0. The lowest BCUT2D eigenvalue weighted by atomic mass is 9.93. The maximum Gasteiger partial charge on any atom is 0.387 e. The highest BCUT2D eigenvalue weighted by atomic mass is 19.3. The molecule has 1 aliphatic heterocycles. The molecule has 1 spiro atoms. The molecule has 0 amide bonds. The Morgan fingerprint density at radius 1 is 1.23 bits per heavy atom. The van der Waals surface area contributed by atoms with Crippen molar-refractivity contribution >= 4 is 16.6 Å². The van der Waals surface area contributed by atoms with Crippen LogP contribution in [0.4, 0.5) is 14.5 Å². The summed E-state index contributed by atoms with van der Waals surface area (Å²) >= 11 is 0. The molecule has 1 aliphatic carbocycles. The molecule has 2 heterocycles. The second-order valence-electron chi connectivity index (χ2n) is 7.61. The van der Waals surface area contributed by atoms with Gasteiger partial charge in [0.05, 0.1) is 29.9 Å². The Kier molecular flexibility index (Phi) is 4.52. The molecule has 1 aromatic heterocycles. The van der Waals surface area contributed by atoms with Crippen molar-refractivity contribution in [2.45, 2.75) is 25.1 Å². The van der Waals surface area contributed by atoms with Crippen molar-refractivity contribution in [3.05, 3.63) is 65.4 Å². The summed E-state index contributed by atoms with van der Waals surface area (Å²) in [6, 6.07) is 15.1. The third kappa shape index (κ3) is 3.04. The Balaban J connectivity index is 1.61. The lowest BCUT2D eigenvalue weighted by Crippen LogP contribution is -2.49. The molecule has 5 nitrogen and oxygen atoms in total. The molecule has 3 aromatic rings. The van der Waals surface area contributed by atoms with Crippen molar-refractivity contribution in [1.29, 1.82) is 5.26 Å². The lowest BCUT2D eigenvalue weighted by Gasteiger charge is -2.42. The standard InChI is InChI=1S/C23H19F2N3O2/c24-22(25)30-17-5-6-20-18(11-17)21(16(12-26)13-27-20)28-9-10-29-23(14-28)8-7-15-3-1-2-4-19(15)23/h1-6,11,13,22H,7-10,14H2. The Hall–Kier alpha value is -3.24. The number of aromatic nitrogens is 1. The van der Waals surface area contributed by atoms with Gasteiger partial charge in [-0.15, -0.1) is 0 Å². The Morgan fingerprint density at radius 2 is 2.10 bits per heavy atom. The third-order valence-corrected chi connectivity index (χ3v) is 5.97. The molecule has 7 heteroatoms. The number of morpholine rings is 1. The molecule has 1 atom stereocenters. The molecule has 0 bridgehead atoms. The first-order valence-corrected chi connectivity index (χ1v) is 9.85. The van der Waals surface area contributed by atoms with Crippen LogP contribution in [0.15, 0.2) is 48.7 Å². The van der Waals surface area contributed by atoms with Crippen molar-refractivity contribution in [3.8, 4) is 11.8 Å². The molecule has 0 radical (unpaired) electrons. The molecule has 1 unspecified atom stereocenters. The maximum atomic E-state index is 12.7. The van der Waals surface area contributed by atoms with Crippen LogP contribution in [0.5, 0.6) is 5.75 Å². The highest BCUT2D eigenvalue weighted by molar-refractivity contribution is 5.95. The maximum absolute atomic E-state index is 12.7. The molecular weight excluding hydrogens is 388 g/mol. The van der Waals surface area contributed by atoms with Gasteiger partial charge in [-0.3, -0.25) is 4.98 Å². The number of rotatable bonds is 3. The van der Waals surface area contributed by atoms with E-state index in [1.807, 2.05) is 12.1 Å². The van der Waals surface area contributed by atoms with Crippen LogP contribution in [0.2, 0.25) is 0 Å². The zero-order chi connectivity index (χ0) is 20.7. The van der Waals surface area contributed by atoms with E-state index in [1.54, 1.807) is 6.07 Å². The van der Waals surface area contributed by atoms with Crippen LogP contribution in [-0.4, -0.2) is 31.3 Å². The summed E-state index contributed by atoms with van der Waals surface area (Å²) in [5.74, 6) is 0.0461. The van der Waals surface area contributed by atoms with Crippen LogP contribution in [0.1, 0.15) is 23.1 Å². The second kappa shape index (κ2) is 7.22. The molecule has 1 fully saturated rings. The summed E-state index contributed by atoms with van der Waals surface area (Å²) in [6.45, 7) is -1.23. The van der Waals surface area contributed by atoms with Crippen molar-refractivity contribution in [3.63, 3.8) is 0 Å². The quantitative estimate of drug-likeness (QED) is 0.645. The Labute approximate surface area is 172 Å². The van der Waals surface area contributed by atoms with E-state index in [4.69, 9.17) is 4.74 Å². The van der Waals surface area contributed by atoms with Gasteiger partial charge in [0.2, 0.25) is 0 Å². The van der Waals surface area contributed by atoms with Gasteiger partial charge < -0.3 is 14.4 Å². The first-order chi connectivity index (χ1) is 14.6. The molecular formula is C23H19F2N3O2. The van der Waals surface area contributed by atoms with Crippen LogP contribution >= 0.6 is 0 Å². The minimum atomic E-state index is -2.92. The van der Waals surface area contributed by atoms with Crippen molar-refractivity contribution in [2.75, 3.05) is 24.6 Å². The van der Waals surface area contributed by atoms with Crippen LogP contribution in [-0.2, 0) is 16.8 Å². The van der Waals surface area contributed by atoms with Crippen molar-refractivity contribution < 1.29 is 18.3 Å². The smallest absolute Gasteiger partial charge is 0.387 e. The average Bonchev–Trinajstić information content (AvgIpc) is 3.10. The topological polar surface area (TPSA) is 58.4 Å². The number of fused-ring (bicyclic) bond motifs is 3. The first kappa shape index (κ1) is 18.8. The third-order valence-electron chi connectivity index (χ3n) is 5.97. The number of pyridine rings is 1. The van der Waals surface area contributed by atoms with Crippen LogP contribution in [0, 0.1) is 11.3 Å². The predicted molar refractivity (Wildman–Crippen MR) is 108 cm³/mol. The Bertz CT molecular complexity index is 1160. The molecule has 152 valence electrons. The minimum Gasteiger partial charge on any atom is -0.435 e. The van der Waals surface area contributed by atoms with E-state index in [2.05, 4.69) is 32.8 Å². The van der Waals surface area contributed by atoms with E-state index in [0.717, 1.165) is 12.8 Å². The van der Waals surface area contributed by atoms with Gasteiger partial charge in [0.1, 0.15) is 17.4 Å². The van der Waals surface area contributed by atoms with Gasteiger partial charge in [0, 0.05) is 18.1 Å². The molecule has 2 aromatic carbocycles. The van der Waals surface area contributed by atoms with E-state index >= 15 is 0 Å². The summed E-state index contributed by atoms with van der Waals surface area (Å²) in [6.07, 6.45) is 3.35. The summed E-state index contributed by atoms with van der Waals surface area (Å²) in [7, 11) is 0. The van der Waals surface area contributed by atoms with E-state index in [-0.39, 0.29) is 5.75 Å². The van der Waals surface area contributed by atoms with Gasteiger partial charge in [-0.2, -0.15) is 14.0 Å². The summed E-state index contributed by atoms with van der Waals surface area (Å²) in [4.78, 5) is 6.45. The fraction of sp³-hybridized carbons (Fsp3) is 0.304. The fourth-order valence-corrected chi connectivity index (χ4v) is 4.70. The van der Waals surface area contributed by atoms with Gasteiger partial charge >= 0.3 is 6.61 Å². The number of benzene rings is 2. The summed E-state index contributed by atoms with van der Waals surface area (Å²) in [5.41, 5.74) is 3.75. The highest BCUT2D eigenvalue weighted by Crippen LogP contribution is 2.44. The van der Waals surface area contributed by atoms with Crippen LogP contribution in [0.25, 0.3) is 10.9 Å². The number of halogens is 2. The van der Waals surface area contributed by atoms with Crippen LogP contribution < -0.4 is 9.64 Å². The molecule has 5 rings (SSSR count). The van der Waals surface area contributed by atoms with Crippen molar-refractivity contribution in [2.24, 2.45) is 0 Å². The molecule has 2 aliphatic rings. The Morgan fingerprint density at radius 3 is 2.93 bits per heavy atom. The average molecular weight is 407 g/mol. The van der Waals surface area contributed by atoms with Crippen LogP contribution in [0.3, 0.4) is 0 Å². The lowest BCUT2D eigenvalue weighted by molar-refractivity contribution is -0.0591. The number of nitrogens with zero attached hydrogens (tertiary/aromatic N) is 3. The van der Waals surface area contributed by atoms with Gasteiger partial charge in [0.25, 0.3) is 0 Å². The van der Waals surface area contributed by atoms with E-state index < -0.39 is 12.2 Å². The summed E-state index contributed by atoms with van der Waals surface area (Å²) in [5, 5.41) is 10.4. The molecule has 0 saturated carbocycles. The SMILES string of the molecule is N#Cc1cnc2ccc(OC(F)F)cc2c1N1CCOC2(CCc3ccccc32)C1. The number of alkyl halides is 2. The highest BCUT2D eigenvalue weighted by Gasteiger charge is 2.43. The molecule has 0 N–H and O–H groups in total. The number of ether oxygens (including phenoxy) is 2. The zero-order valence-electron chi connectivity index (χ0n) is 16.1. The second-order valence-corrected chi connectivity index (χ2v) is 7.61. The zero-order valence-corrected chi connectivity index (χ0v) is 16.1. The normalized spacial score (nSPS) is 20.5. The van der Waals surface area contributed by atoms with Crippen molar-refractivity contribution in [1.82, 2.24) is 4.98 Å². The summed E-state index contributed by atoms with van der Waals surface area (Å²) < 4.78 is 36.4. The van der Waals surface area contributed by atoms with E-state index in [1.165, 1.54) is 29.5 Å². The van der Waals surface area contributed by atoms with Gasteiger partial charge in [-0.05, 0) is 42.2 Å². The largest absolute Gasteiger partial charge is 0.435 e. The minimum absolute atomic E-state index is 0.0461. The number of hydrogen-bond acceptors (Lipinski definition) is 5.